The summed E-state index contributed by atoms with van der Waals surface area (Å²) < 4.78 is 1.43. The average molecular weight is 337 g/mol. The first kappa shape index (κ1) is 16.7. The number of urea groups is 1. The zero-order valence-electron chi connectivity index (χ0n) is 14.1. The van der Waals surface area contributed by atoms with Crippen molar-refractivity contribution in [3.63, 3.8) is 0 Å². The molecule has 1 fully saturated rings. The van der Waals surface area contributed by atoms with Gasteiger partial charge in [-0.25, -0.2) is 4.79 Å². The predicted molar refractivity (Wildman–Crippen MR) is 94.9 cm³/mol. The third-order valence-corrected chi connectivity index (χ3v) is 4.37. The molecule has 2 N–H and O–H groups in total. The molecule has 1 atom stereocenters. The van der Waals surface area contributed by atoms with Crippen molar-refractivity contribution in [3.8, 4) is 0 Å². The SMILES string of the molecule is C=C(C)c1cccn(CC2(c3ccc(C)cc3)NC(=O)NC2=O)c1=O. The number of carbonyl (C=O) groups excluding carboxylic acids is 2. The molecule has 2 heterocycles. The van der Waals surface area contributed by atoms with Gasteiger partial charge in [0.25, 0.3) is 11.5 Å². The van der Waals surface area contributed by atoms with E-state index < -0.39 is 17.5 Å². The number of amides is 3. The topological polar surface area (TPSA) is 80.2 Å². The second-order valence-electron chi connectivity index (χ2n) is 6.31. The van der Waals surface area contributed by atoms with Gasteiger partial charge in [0.05, 0.1) is 6.54 Å². The first-order valence-electron chi connectivity index (χ1n) is 7.89. The fourth-order valence-corrected chi connectivity index (χ4v) is 2.98. The number of aromatic nitrogens is 1. The Bertz CT molecular complexity index is 928. The summed E-state index contributed by atoms with van der Waals surface area (Å²) in [5.74, 6) is -0.478. The van der Waals surface area contributed by atoms with Crippen LogP contribution in [-0.2, 0) is 16.9 Å². The van der Waals surface area contributed by atoms with Crippen LogP contribution >= 0.6 is 0 Å². The van der Waals surface area contributed by atoms with Gasteiger partial charge < -0.3 is 9.88 Å². The van der Waals surface area contributed by atoms with E-state index in [4.69, 9.17) is 0 Å². The Morgan fingerprint density at radius 3 is 2.40 bits per heavy atom. The maximum atomic E-state index is 12.7. The minimum atomic E-state index is -1.33. The fourth-order valence-electron chi connectivity index (χ4n) is 2.98. The van der Waals surface area contributed by atoms with Gasteiger partial charge in [0.1, 0.15) is 0 Å². The van der Waals surface area contributed by atoms with Crippen molar-refractivity contribution in [1.29, 1.82) is 0 Å². The van der Waals surface area contributed by atoms with Crippen molar-refractivity contribution in [2.45, 2.75) is 25.9 Å². The summed E-state index contributed by atoms with van der Waals surface area (Å²) in [6.45, 7) is 7.49. The Labute approximate surface area is 145 Å². The Morgan fingerprint density at radius 1 is 1.16 bits per heavy atom. The number of rotatable bonds is 4. The van der Waals surface area contributed by atoms with Crippen LogP contribution in [-0.4, -0.2) is 16.5 Å². The Hall–Kier alpha value is -3.15. The van der Waals surface area contributed by atoms with Crippen LogP contribution in [0.2, 0.25) is 0 Å². The summed E-state index contributed by atoms with van der Waals surface area (Å²) in [6, 6.07) is 10.1. The number of carbonyl (C=O) groups is 2. The standard InChI is InChI=1S/C19H19N3O3/c1-12(2)15-5-4-10-22(16(15)23)11-19(17(24)20-18(25)21-19)14-8-6-13(3)7-9-14/h4-10H,1,11H2,2-3H3,(H2,20,21,24,25). The number of nitrogens with one attached hydrogen (secondary N) is 2. The van der Waals surface area contributed by atoms with Gasteiger partial charge in [-0.2, -0.15) is 0 Å². The summed E-state index contributed by atoms with van der Waals surface area (Å²) in [5, 5.41) is 4.97. The molecule has 1 saturated heterocycles. The third-order valence-electron chi connectivity index (χ3n) is 4.37. The van der Waals surface area contributed by atoms with E-state index in [2.05, 4.69) is 17.2 Å². The van der Waals surface area contributed by atoms with Crippen molar-refractivity contribution in [3.05, 3.63) is 76.2 Å². The van der Waals surface area contributed by atoms with Crippen LogP contribution in [0.15, 0.2) is 54.0 Å². The molecule has 128 valence electrons. The van der Waals surface area contributed by atoms with E-state index in [1.165, 1.54) is 4.57 Å². The fraction of sp³-hybridized carbons (Fsp3) is 0.211. The molecule has 1 aromatic carbocycles. The number of imide groups is 1. The molecule has 0 bridgehead atoms. The highest BCUT2D eigenvalue weighted by Gasteiger charge is 2.48. The van der Waals surface area contributed by atoms with E-state index in [0.717, 1.165) is 5.56 Å². The number of allylic oxidation sites excluding steroid dienone is 1. The maximum absolute atomic E-state index is 12.7. The summed E-state index contributed by atoms with van der Waals surface area (Å²) in [6.07, 6.45) is 1.60. The van der Waals surface area contributed by atoms with Crippen LogP contribution in [0.25, 0.3) is 5.57 Å². The quantitative estimate of drug-likeness (QED) is 0.837. The molecule has 6 heteroatoms. The summed E-state index contributed by atoms with van der Waals surface area (Å²) in [7, 11) is 0. The van der Waals surface area contributed by atoms with Crippen LogP contribution in [0.4, 0.5) is 4.79 Å². The van der Waals surface area contributed by atoms with Crippen molar-refractivity contribution in [2.24, 2.45) is 0 Å². The number of nitrogens with zero attached hydrogens (tertiary/aromatic N) is 1. The van der Waals surface area contributed by atoms with E-state index in [0.29, 0.717) is 16.7 Å². The van der Waals surface area contributed by atoms with Gasteiger partial charge >= 0.3 is 6.03 Å². The van der Waals surface area contributed by atoms with E-state index >= 15 is 0 Å². The van der Waals surface area contributed by atoms with Crippen molar-refractivity contribution < 1.29 is 9.59 Å². The van der Waals surface area contributed by atoms with E-state index in [1.54, 1.807) is 37.4 Å². The normalized spacial score (nSPS) is 19.4. The van der Waals surface area contributed by atoms with Crippen LogP contribution in [0.5, 0.6) is 0 Å². The molecule has 25 heavy (non-hydrogen) atoms. The molecule has 1 aliphatic heterocycles. The predicted octanol–water partition coefficient (Wildman–Crippen LogP) is 1.92. The van der Waals surface area contributed by atoms with Gasteiger partial charge in [0.15, 0.2) is 5.54 Å². The molecule has 1 unspecified atom stereocenters. The summed E-state index contributed by atoms with van der Waals surface area (Å²) in [5.41, 5.74) is 1.19. The summed E-state index contributed by atoms with van der Waals surface area (Å²) in [4.78, 5) is 37.1. The molecule has 3 rings (SSSR count). The molecule has 1 aliphatic rings. The molecule has 0 radical (unpaired) electrons. The highest BCUT2D eigenvalue weighted by Crippen LogP contribution is 2.27. The molecular formula is C19H19N3O3. The third kappa shape index (κ3) is 2.87. The largest absolute Gasteiger partial charge is 0.322 e. The van der Waals surface area contributed by atoms with Gasteiger partial charge in [-0.05, 0) is 37.1 Å². The Balaban J connectivity index is 2.12. The lowest BCUT2D eigenvalue weighted by molar-refractivity contribution is -0.124. The minimum absolute atomic E-state index is 0.00636. The van der Waals surface area contributed by atoms with E-state index in [9.17, 15) is 14.4 Å². The van der Waals surface area contributed by atoms with Crippen molar-refractivity contribution >= 4 is 17.5 Å². The van der Waals surface area contributed by atoms with E-state index in [-0.39, 0.29) is 12.1 Å². The lowest BCUT2D eigenvalue weighted by atomic mass is 9.89. The number of aryl methyl sites for hydroxylation is 1. The number of hydrogen-bond donors (Lipinski definition) is 2. The molecular weight excluding hydrogens is 318 g/mol. The molecule has 0 aliphatic carbocycles. The zero-order chi connectivity index (χ0) is 18.2. The van der Waals surface area contributed by atoms with E-state index in [1.807, 2.05) is 19.1 Å². The summed E-state index contributed by atoms with van der Waals surface area (Å²) >= 11 is 0. The number of hydrogen-bond acceptors (Lipinski definition) is 3. The van der Waals surface area contributed by atoms with Crippen molar-refractivity contribution in [2.75, 3.05) is 0 Å². The van der Waals surface area contributed by atoms with Crippen LogP contribution in [0.1, 0.15) is 23.6 Å². The molecule has 0 saturated carbocycles. The lowest BCUT2D eigenvalue weighted by Crippen LogP contribution is -2.49. The molecule has 6 nitrogen and oxygen atoms in total. The van der Waals surface area contributed by atoms with Crippen LogP contribution in [0, 0.1) is 6.92 Å². The highest BCUT2D eigenvalue weighted by atomic mass is 16.2. The van der Waals surface area contributed by atoms with Crippen LogP contribution < -0.4 is 16.2 Å². The zero-order valence-corrected chi connectivity index (χ0v) is 14.1. The Morgan fingerprint density at radius 2 is 1.84 bits per heavy atom. The maximum Gasteiger partial charge on any atom is 0.322 e. The minimum Gasteiger partial charge on any atom is -0.318 e. The van der Waals surface area contributed by atoms with Gasteiger partial charge in [0, 0.05) is 11.8 Å². The van der Waals surface area contributed by atoms with Crippen LogP contribution in [0.3, 0.4) is 0 Å². The van der Waals surface area contributed by atoms with Crippen molar-refractivity contribution in [1.82, 2.24) is 15.2 Å². The van der Waals surface area contributed by atoms with Gasteiger partial charge in [-0.3, -0.25) is 14.9 Å². The second kappa shape index (κ2) is 6.05. The average Bonchev–Trinajstić information content (AvgIpc) is 2.84. The number of benzene rings is 1. The smallest absolute Gasteiger partial charge is 0.318 e. The monoisotopic (exact) mass is 337 g/mol. The first-order chi connectivity index (χ1) is 11.8. The highest BCUT2D eigenvalue weighted by molar-refractivity contribution is 6.07. The number of pyridine rings is 1. The Kier molecular flexibility index (Phi) is 4.04. The second-order valence-corrected chi connectivity index (χ2v) is 6.31. The lowest BCUT2D eigenvalue weighted by Gasteiger charge is -2.27. The molecule has 0 spiro atoms. The van der Waals surface area contributed by atoms with Gasteiger partial charge in [-0.1, -0.05) is 36.4 Å². The van der Waals surface area contributed by atoms with Gasteiger partial charge in [-0.15, -0.1) is 0 Å². The molecule has 3 amide bonds. The van der Waals surface area contributed by atoms with Gasteiger partial charge in [0.2, 0.25) is 0 Å². The molecule has 1 aromatic heterocycles. The molecule has 2 aromatic rings. The first-order valence-corrected chi connectivity index (χ1v) is 7.89.